The van der Waals surface area contributed by atoms with Crippen LogP contribution in [0.15, 0.2) is 24.5 Å². The van der Waals surface area contributed by atoms with E-state index in [1.165, 1.54) is 16.8 Å². The van der Waals surface area contributed by atoms with Crippen LogP contribution in [0.5, 0.6) is 0 Å². The van der Waals surface area contributed by atoms with Gasteiger partial charge in [-0.2, -0.15) is 5.10 Å². The number of rotatable bonds is 3. The quantitative estimate of drug-likeness (QED) is 0.603. The number of hydrogen-bond donors (Lipinski definition) is 2. The third-order valence-electron chi connectivity index (χ3n) is 2.24. The first-order chi connectivity index (χ1) is 8.95. The fourth-order valence-electron chi connectivity index (χ4n) is 1.46. The van der Waals surface area contributed by atoms with E-state index < -0.39 is 0 Å². The number of nitrogen functional groups attached to an aromatic ring is 1. The molecule has 0 atom stereocenters. The van der Waals surface area contributed by atoms with Crippen molar-refractivity contribution in [2.24, 2.45) is 0 Å². The standard InChI is InChI=1S/C11H9Cl2IN4O/c12-8-1-7(15)2-9(13)11(8)17-10(19)5-18-4-6(14)3-16-18/h1-4H,5,15H2,(H,17,19). The van der Waals surface area contributed by atoms with Crippen LogP contribution in [0.4, 0.5) is 11.4 Å². The van der Waals surface area contributed by atoms with Gasteiger partial charge in [0.2, 0.25) is 5.91 Å². The Kier molecular flexibility index (Phi) is 4.54. The molecule has 5 nitrogen and oxygen atoms in total. The van der Waals surface area contributed by atoms with E-state index in [0.29, 0.717) is 21.4 Å². The second-order valence-corrected chi connectivity index (χ2v) is 5.82. The van der Waals surface area contributed by atoms with Crippen molar-refractivity contribution in [1.29, 1.82) is 0 Å². The van der Waals surface area contributed by atoms with Gasteiger partial charge in [-0.05, 0) is 34.7 Å². The Morgan fingerprint density at radius 2 is 2.05 bits per heavy atom. The normalized spacial score (nSPS) is 10.5. The van der Waals surface area contributed by atoms with Crippen molar-refractivity contribution >= 4 is 63.1 Å². The van der Waals surface area contributed by atoms with Crippen molar-refractivity contribution < 1.29 is 4.79 Å². The molecule has 0 aliphatic heterocycles. The molecule has 0 saturated carbocycles. The molecular formula is C11H9Cl2IN4O. The average Bonchev–Trinajstić information content (AvgIpc) is 2.69. The van der Waals surface area contributed by atoms with Gasteiger partial charge < -0.3 is 11.1 Å². The van der Waals surface area contributed by atoms with Gasteiger partial charge >= 0.3 is 0 Å². The molecule has 19 heavy (non-hydrogen) atoms. The lowest BCUT2D eigenvalue weighted by Gasteiger charge is -2.10. The van der Waals surface area contributed by atoms with Crippen molar-refractivity contribution in [3.05, 3.63) is 38.1 Å². The maximum atomic E-state index is 11.9. The first-order valence-corrected chi connectivity index (χ1v) is 7.01. The molecule has 1 aromatic carbocycles. The van der Waals surface area contributed by atoms with Crippen molar-refractivity contribution in [2.45, 2.75) is 6.54 Å². The summed E-state index contributed by atoms with van der Waals surface area (Å²) >= 11 is 14.1. The number of benzene rings is 1. The van der Waals surface area contributed by atoms with Gasteiger partial charge in [-0.1, -0.05) is 23.2 Å². The van der Waals surface area contributed by atoms with E-state index in [1.807, 2.05) is 0 Å². The summed E-state index contributed by atoms with van der Waals surface area (Å²) in [5, 5.41) is 7.26. The zero-order chi connectivity index (χ0) is 14.0. The smallest absolute Gasteiger partial charge is 0.246 e. The molecule has 0 unspecified atom stereocenters. The lowest BCUT2D eigenvalue weighted by Crippen LogP contribution is -2.19. The predicted octanol–water partition coefficient (Wildman–Crippen LogP) is 3.02. The zero-order valence-electron chi connectivity index (χ0n) is 9.53. The zero-order valence-corrected chi connectivity index (χ0v) is 13.2. The van der Waals surface area contributed by atoms with Gasteiger partial charge in [0.15, 0.2) is 0 Å². The van der Waals surface area contributed by atoms with Gasteiger partial charge in [0.25, 0.3) is 0 Å². The van der Waals surface area contributed by atoms with Crippen LogP contribution in [-0.4, -0.2) is 15.7 Å². The highest BCUT2D eigenvalue weighted by atomic mass is 127. The van der Waals surface area contributed by atoms with E-state index in [1.54, 1.807) is 12.4 Å². The lowest BCUT2D eigenvalue weighted by molar-refractivity contribution is -0.116. The highest BCUT2D eigenvalue weighted by Crippen LogP contribution is 2.32. The molecule has 1 amide bonds. The van der Waals surface area contributed by atoms with Gasteiger partial charge in [-0.25, -0.2) is 0 Å². The number of nitrogens with zero attached hydrogens (tertiary/aromatic N) is 2. The Hall–Kier alpha value is -0.990. The number of carbonyl (C=O) groups excluding carboxylic acids is 1. The first kappa shape index (κ1) is 14.4. The Labute approximate surface area is 133 Å². The molecule has 0 fully saturated rings. The molecule has 0 saturated heterocycles. The fraction of sp³-hybridized carbons (Fsp3) is 0.0909. The summed E-state index contributed by atoms with van der Waals surface area (Å²) in [5.41, 5.74) is 6.38. The second kappa shape index (κ2) is 5.98. The summed E-state index contributed by atoms with van der Waals surface area (Å²) in [6.45, 7) is 0.0834. The summed E-state index contributed by atoms with van der Waals surface area (Å²) in [6.07, 6.45) is 3.42. The third-order valence-corrected chi connectivity index (χ3v) is 3.39. The van der Waals surface area contributed by atoms with E-state index in [2.05, 4.69) is 33.0 Å². The summed E-state index contributed by atoms with van der Waals surface area (Å²) in [7, 11) is 0. The van der Waals surface area contributed by atoms with Crippen LogP contribution in [0.25, 0.3) is 0 Å². The second-order valence-electron chi connectivity index (χ2n) is 3.76. The van der Waals surface area contributed by atoms with Crippen LogP contribution in [0.3, 0.4) is 0 Å². The van der Waals surface area contributed by atoms with Gasteiger partial charge in [0, 0.05) is 11.9 Å². The number of halogens is 3. The van der Waals surface area contributed by atoms with Gasteiger partial charge in [0.05, 0.1) is 25.5 Å². The molecule has 0 radical (unpaired) electrons. The molecule has 100 valence electrons. The van der Waals surface area contributed by atoms with Gasteiger partial charge in [-0.15, -0.1) is 0 Å². The van der Waals surface area contributed by atoms with Crippen molar-refractivity contribution in [1.82, 2.24) is 9.78 Å². The molecule has 0 spiro atoms. The maximum Gasteiger partial charge on any atom is 0.246 e. The summed E-state index contributed by atoms with van der Waals surface area (Å²) in [4.78, 5) is 11.9. The largest absolute Gasteiger partial charge is 0.399 e. The first-order valence-electron chi connectivity index (χ1n) is 5.18. The fourth-order valence-corrected chi connectivity index (χ4v) is 2.51. The molecule has 2 aromatic rings. The minimum Gasteiger partial charge on any atom is -0.399 e. The van der Waals surface area contributed by atoms with Gasteiger partial charge in [-0.3, -0.25) is 9.48 Å². The summed E-state index contributed by atoms with van der Waals surface area (Å²) < 4.78 is 2.48. The number of nitrogens with two attached hydrogens (primary N) is 1. The van der Waals surface area contributed by atoms with Crippen LogP contribution in [0.2, 0.25) is 10.0 Å². The molecule has 1 heterocycles. The highest BCUT2D eigenvalue weighted by molar-refractivity contribution is 14.1. The summed E-state index contributed by atoms with van der Waals surface area (Å²) in [6, 6.07) is 3.06. The number of anilines is 2. The molecule has 0 aliphatic carbocycles. The van der Waals surface area contributed by atoms with Crippen LogP contribution in [-0.2, 0) is 11.3 Å². The molecule has 8 heteroatoms. The molecule has 1 aromatic heterocycles. The Bertz CT molecular complexity index is 606. The molecular weight excluding hydrogens is 402 g/mol. The summed E-state index contributed by atoms with van der Waals surface area (Å²) in [5.74, 6) is -0.270. The van der Waals surface area contributed by atoms with E-state index in [0.717, 1.165) is 3.57 Å². The minimum atomic E-state index is -0.270. The lowest BCUT2D eigenvalue weighted by atomic mass is 10.3. The van der Waals surface area contributed by atoms with E-state index in [-0.39, 0.29) is 12.5 Å². The van der Waals surface area contributed by atoms with E-state index in [4.69, 9.17) is 28.9 Å². The van der Waals surface area contributed by atoms with Crippen molar-refractivity contribution in [2.75, 3.05) is 11.1 Å². The highest BCUT2D eigenvalue weighted by Gasteiger charge is 2.11. The minimum absolute atomic E-state index is 0.0834. The van der Waals surface area contributed by atoms with Crippen molar-refractivity contribution in [3.8, 4) is 0 Å². The topological polar surface area (TPSA) is 72.9 Å². The Balaban J connectivity index is 2.11. The molecule has 3 N–H and O–H groups in total. The predicted molar refractivity (Wildman–Crippen MR) is 84.4 cm³/mol. The molecule has 0 bridgehead atoms. The maximum absolute atomic E-state index is 11.9. The van der Waals surface area contributed by atoms with E-state index >= 15 is 0 Å². The number of amides is 1. The van der Waals surface area contributed by atoms with Gasteiger partial charge in [0.1, 0.15) is 6.54 Å². The average molecular weight is 411 g/mol. The number of hydrogen-bond acceptors (Lipinski definition) is 3. The van der Waals surface area contributed by atoms with Crippen LogP contribution >= 0.6 is 45.8 Å². The SMILES string of the molecule is Nc1cc(Cl)c(NC(=O)Cn2cc(I)cn2)c(Cl)c1. The van der Waals surface area contributed by atoms with Crippen LogP contribution in [0.1, 0.15) is 0 Å². The number of nitrogens with one attached hydrogen (secondary N) is 1. The Morgan fingerprint density at radius 1 is 1.42 bits per heavy atom. The molecule has 2 rings (SSSR count). The van der Waals surface area contributed by atoms with Crippen molar-refractivity contribution in [3.63, 3.8) is 0 Å². The monoisotopic (exact) mass is 410 g/mol. The third kappa shape index (κ3) is 3.74. The molecule has 0 aliphatic rings. The van der Waals surface area contributed by atoms with Crippen LogP contribution < -0.4 is 11.1 Å². The number of aromatic nitrogens is 2. The number of carbonyl (C=O) groups is 1. The Morgan fingerprint density at radius 3 is 2.58 bits per heavy atom. The van der Waals surface area contributed by atoms with Crippen LogP contribution in [0, 0.1) is 3.57 Å². The van der Waals surface area contributed by atoms with E-state index in [9.17, 15) is 4.79 Å².